The summed E-state index contributed by atoms with van der Waals surface area (Å²) in [5, 5.41) is 10.7. The molecule has 4 rings (SSSR count). The number of H-pyrrole nitrogens is 1. The molecule has 2 aromatic heterocycles. The van der Waals surface area contributed by atoms with Crippen LogP contribution in [0, 0.1) is 5.41 Å². The average Bonchev–Trinajstić information content (AvgIpc) is 3.26. The molecule has 2 aliphatic rings. The van der Waals surface area contributed by atoms with Gasteiger partial charge >= 0.3 is 0 Å². The Hall–Kier alpha value is -2.26. The molecule has 9 heteroatoms. The van der Waals surface area contributed by atoms with Gasteiger partial charge in [0.1, 0.15) is 5.69 Å². The zero-order valence-corrected chi connectivity index (χ0v) is 15.1. The van der Waals surface area contributed by atoms with Crippen LogP contribution in [0.2, 0.25) is 0 Å². The van der Waals surface area contributed by atoms with Gasteiger partial charge in [-0.25, -0.2) is 4.98 Å². The van der Waals surface area contributed by atoms with Crippen molar-refractivity contribution >= 4 is 5.91 Å². The molecule has 0 aliphatic carbocycles. The Morgan fingerprint density at radius 3 is 3.08 bits per heavy atom. The van der Waals surface area contributed by atoms with E-state index in [-0.39, 0.29) is 11.3 Å². The highest BCUT2D eigenvalue weighted by Gasteiger charge is 2.40. The molecular weight excluding hydrogens is 334 g/mol. The van der Waals surface area contributed by atoms with Crippen LogP contribution in [0.5, 0.6) is 0 Å². The second-order valence-electron chi connectivity index (χ2n) is 7.48. The van der Waals surface area contributed by atoms with Crippen molar-refractivity contribution in [3.05, 3.63) is 30.1 Å². The van der Waals surface area contributed by atoms with Crippen LogP contribution in [-0.2, 0) is 18.3 Å². The Morgan fingerprint density at radius 2 is 2.31 bits per heavy atom. The van der Waals surface area contributed by atoms with Gasteiger partial charge in [0.15, 0.2) is 0 Å². The molecule has 9 nitrogen and oxygen atoms in total. The number of aryl methyl sites for hydroxylation is 1. The Kier molecular flexibility index (Phi) is 4.73. The number of imidazole rings is 1. The Bertz CT molecular complexity index is 744. The largest absolute Gasteiger partial charge is 0.379 e. The summed E-state index contributed by atoms with van der Waals surface area (Å²) in [6, 6.07) is 0. The standard InChI is InChI=1S/C17H25N7O2/c1-22-9-15(18-13-22)16(25)24-4-2-3-17(11-24)10-23(5-6-26-12-17)8-14-7-19-21-20-14/h7,9,13H,2-6,8,10-12H2,1H3,(H,19,20,21)/t17-/m0/s1. The minimum Gasteiger partial charge on any atom is -0.379 e. The van der Waals surface area contributed by atoms with Gasteiger partial charge in [-0.15, -0.1) is 0 Å². The molecular formula is C17H25N7O2. The van der Waals surface area contributed by atoms with Crippen LogP contribution in [0.3, 0.4) is 0 Å². The third-order valence-electron chi connectivity index (χ3n) is 5.24. The molecule has 2 aliphatic heterocycles. The van der Waals surface area contributed by atoms with E-state index in [9.17, 15) is 4.79 Å². The molecule has 0 radical (unpaired) electrons. The molecule has 0 unspecified atom stereocenters. The summed E-state index contributed by atoms with van der Waals surface area (Å²) in [5.41, 5.74) is 1.40. The molecule has 1 atom stereocenters. The van der Waals surface area contributed by atoms with Gasteiger partial charge in [0, 0.05) is 51.4 Å². The number of amides is 1. The molecule has 2 fully saturated rings. The summed E-state index contributed by atoms with van der Waals surface area (Å²) in [4.78, 5) is 21.4. The van der Waals surface area contributed by atoms with Gasteiger partial charge in [0.25, 0.3) is 5.91 Å². The van der Waals surface area contributed by atoms with Crippen molar-refractivity contribution in [2.45, 2.75) is 19.4 Å². The second kappa shape index (κ2) is 7.16. The fourth-order valence-electron chi connectivity index (χ4n) is 4.06. The number of aromatic nitrogens is 5. The number of likely N-dealkylation sites (tertiary alicyclic amines) is 1. The highest BCUT2D eigenvalue weighted by atomic mass is 16.5. The SMILES string of the molecule is Cn1cnc(C(=O)N2CCC[C@@]3(COCCN(Cc4cn[nH]n4)C3)C2)c1. The van der Waals surface area contributed by atoms with Crippen molar-refractivity contribution < 1.29 is 9.53 Å². The lowest BCUT2D eigenvalue weighted by Crippen LogP contribution is -2.52. The van der Waals surface area contributed by atoms with Gasteiger partial charge < -0.3 is 14.2 Å². The third-order valence-corrected chi connectivity index (χ3v) is 5.24. The number of hydrogen-bond acceptors (Lipinski definition) is 6. The van der Waals surface area contributed by atoms with Crippen molar-refractivity contribution in [1.29, 1.82) is 0 Å². The van der Waals surface area contributed by atoms with Crippen molar-refractivity contribution in [1.82, 2.24) is 34.8 Å². The molecule has 2 saturated heterocycles. The second-order valence-corrected chi connectivity index (χ2v) is 7.48. The van der Waals surface area contributed by atoms with Crippen molar-refractivity contribution in [2.75, 3.05) is 39.4 Å². The first-order valence-electron chi connectivity index (χ1n) is 9.06. The molecule has 0 aromatic carbocycles. The monoisotopic (exact) mass is 359 g/mol. The maximum absolute atomic E-state index is 12.8. The summed E-state index contributed by atoms with van der Waals surface area (Å²) in [5.74, 6) is 0.0111. The Morgan fingerprint density at radius 1 is 1.38 bits per heavy atom. The van der Waals surface area contributed by atoms with Crippen molar-refractivity contribution in [2.24, 2.45) is 12.5 Å². The molecule has 1 N–H and O–H groups in total. The van der Waals surface area contributed by atoms with E-state index in [1.807, 2.05) is 11.9 Å². The molecule has 1 spiro atoms. The maximum Gasteiger partial charge on any atom is 0.274 e. The van der Waals surface area contributed by atoms with Gasteiger partial charge in [-0.1, -0.05) is 0 Å². The number of carbonyl (C=O) groups excluding carboxylic acids is 1. The molecule has 140 valence electrons. The zero-order chi connectivity index (χ0) is 18.0. The van der Waals surface area contributed by atoms with E-state index in [4.69, 9.17) is 4.74 Å². The van der Waals surface area contributed by atoms with Crippen molar-refractivity contribution in [3.63, 3.8) is 0 Å². The first-order chi connectivity index (χ1) is 12.6. The molecule has 2 aromatic rings. The maximum atomic E-state index is 12.8. The van der Waals surface area contributed by atoms with E-state index in [1.54, 1.807) is 23.3 Å². The number of hydrogen-bond donors (Lipinski definition) is 1. The van der Waals surface area contributed by atoms with E-state index >= 15 is 0 Å². The number of piperidine rings is 1. The number of ether oxygens (including phenoxy) is 1. The lowest BCUT2D eigenvalue weighted by Gasteiger charge is -2.43. The van der Waals surface area contributed by atoms with Crippen LogP contribution in [0.25, 0.3) is 0 Å². The highest BCUT2D eigenvalue weighted by Crippen LogP contribution is 2.33. The Balaban J connectivity index is 1.47. The average molecular weight is 359 g/mol. The lowest BCUT2D eigenvalue weighted by atomic mass is 9.80. The van der Waals surface area contributed by atoms with Crippen LogP contribution >= 0.6 is 0 Å². The van der Waals surface area contributed by atoms with Gasteiger partial charge in [0.05, 0.1) is 31.4 Å². The Labute approximate surface area is 152 Å². The van der Waals surface area contributed by atoms with E-state index < -0.39 is 0 Å². The molecule has 0 bridgehead atoms. The first-order valence-corrected chi connectivity index (χ1v) is 9.06. The van der Waals surface area contributed by atoms with E-state index in [0.29, 0.717) is 25.5 Å². The van der Waals surface area contributed by atoms with Crippen LogP contribution in [0.1, 0.15) is 29.0 Å². The summed E-state index contributed by atoms with van der Waals surface area (Å²) >= 11 is 0. The molecule has 26 heavy (non-hydrogen) atoms. The smallest absolute Gasteiger partial charge is 0.274 e. The number of carbonyl (C=O) groups is 1. The quantitative estimate of drug-likeness (QED) is 0.847. The predicted molar refractivity (Wildman–Crippen MR) is 93.3 cm³/mol. The minimum absolute atomic E-state index is 0.0111. The van der Waals surface area contributed by atoms with E-state index in [1.165, 1.54) is 0 Å². The van der Waals surface area contributed by atoms with Crippen LogP contribution in [0.15, 0.2) is 18.7 Å². The summed E-state index contributed by atoms with van der Waals surface area (Å²) in [7, 11) is 1.88. The summed E-state index contributed by atoms with van der Waals surface area (Å²) in [6.45, 7) is 5.38. The van der Waals surface area contributed by atoms with Gasteiger partial charge in [-0.3, -0.25) is 9.69 Å². The third kappa shape index (κ3) is 3.63. The van der Waals surface area contributed by atoms with Gasteiger partial charge in [0.2, 0.25) is 0 Å². The van der Waals surface area contributed by atoms with Crippen molar-refractivity contribution in [3.8, 4) is 0 Å². The number of aromatic amines is 1. The van der Waals surface area contributed by atoms with Gasteiger partial charge in [-0.2, -0.15) is 15.4 Å². The summed E-state index contributed by atoms with van der Waals surface area (Å²) in [6.07, 6.45) is 7.26. The first kappa shape index (κ1) is 17.2. The lowest BCUT2D eigenvalue weighted by molar-refractivity contribution is 0.00668. The molecule has 1 amide bonds. The topological polar surface area (TPSA) is 92.2 Å². The van der Waals surface area contributed by atoms with Crippen LogP contribution < -0.4 is 0 Å². The highest BCUT2D eigenvalue weighted by molar-refractivity contribution is 5.92. The molecule has 4 heterocycles. The van der Waals surface area contributed by atoms with E-state index in [0.717, 1.165) is 44.7 Å². The fourth-order valence-corrected chi connectivity index (χ4v) is 4.06. The van der Waals surface area contributed by atoms with E-state index in [2.05, 4.69) is 25.3 Å². The minimum atomic E-state index is -0.0388. The zero-order valence-electron chi connectivity index (χ0n) is 15.1. The summed E-state index contributed by atoms with van der Waals surface area (Å²) < 4.78 is 7.74. The fraction of sp³-hybridized carbons (Fsp3) is 0.647. The van der Waals surface area contributed by atoms with Crippen LogP contribution in [-0.4, -0.2) is 80.1 Å². The van der Waals surface area contributed by atoms with Crippen LogP contribution in [0.4, 0.5) is 0 Å². The number of rotatable bonds is 3. The number of nitrogens with one attached hydrogen (secondary N) is 1. The number of nitrogens with zero attached hydrogens (tertiary/aromatic N) is 6. The normalized spacial score (nSPS) is 24.7. The predicted octanol–water partition coefficient (Wildman–Crippen LogP) is 0.293. The molecule has 0 saturated carbocycles. The van der Waals surface area contributed by atoms with Gasteiger partial charge in [-0.05, 0) is 12.8 Å².